The van der Waals surface area contributed by atoms with Crippen molar-refractivity contribution in [3.05, 3.63) is 0 Å². The van der Waals surface area contributed by atoms with Gasteiger partial charge in [0.1, 0.15) is 18.6 Å². The molecule has 0 saturated carbocycles. The van der Waals surface area contributed by atoms with E-state index in [0.29, 0.717) is 13.2 Å². The quantitative estimate of drug-likeness (QED) is 0.291. The number of ether oxygens (including phenoxy) is 2. The van der Waals surface area contributed by atoms with E-state index in [4.69, 9.17) is 56.7 Å². The maximum atomic E-state index is 8.49. The Morgan fingerprint density at radius 2 is 0.844 bits per heavy atom. The summed E-state index contributed by atoms with van der Waals surface area (Å²) in [5.41, 5.74) is -0.158. The molecular weight excluding hydrogens is 528 g/mol. The summed E-state index contributed by atoms with van der Waals surface area (Å²) in [4.78, 5) is 9.59. The van der Waals surface area contributed by atoms with Crippen LogP contribution in [0, 0.1) is 36.7 Å². The van der Waals surface area contributed by atoms with Crippen molar-refractivity contribution in [2.24, 2.45) is 26.2 Å². The summed E-state index contributed by atoms with van der Waals surface area (Å²) >= 11 is 0. The molecule has 184 valence electrons. The van der Waals surface area contributed by atoms with Gasteiger partial charge in [-0.1, -0.05) is 41.5 Å². The number of aliphatic imine (C=N–C) groups is 2. The van der Waals surface area contributed by atoms with E-state index in [1.165, 1.54) is 0 Å². The van der Waals surface area contributed by atoms with Gasteiger partial charge in [0.25, 0.3) is 0 Å². The van der Waals surface area contributed by atoms with Crippen LogP contribution in [0.4, 0.5) is 0 Å². The molecular formula is C17H30Cl2N2O10Zn. The molecule has 2 aliphatic rings. The summed E-state index contributed by atoms with van der Waals surface area (Å²) in [6.07, 6.45) is 0. The summed E-state index contributed by atoms with van der Waals surface area (Å²) in [6, 6.07) is 0.402. The molecule has 0 aromatic rings. The molecule has 12 nitrogen and oxygen atoms in total. The molecule has 15 heteroatoms. The van der Waals surface area contributed by atoms with Crippen LogP contribution in [0.1, 0.15) is 55.4 Å². The van der Waals surface area contributed by atoms with Crippen LogP contribution in [0.5, 0.6) is 0 Å². The predicted octanol–water partition coefficient (Wildman–Crippen LogP) is -5.82. The van der Waals surface area contributed by atoms with E-state index in [0.717, 1.165) is 11.8 Å². The van der Waals surface area contributed by atoms with Gasteiger partial charge < -0.3 is 9.47 Å². The van der Waals surface area contributed by atoms with Crippen molar-refractivity contribution in [3.63, 3.8) is 0 Å². The molecule has 0 aliphatic carbocycles. The van der Waals surface area contributed by atoms with Crippen molar-refractivity contribution >= 4 is 11.8 Å². The van der Waals surface area contributed by atoms with Crippen molar-refractivity contribution in [2.45, 2.75) is 67.5 Å². The molecule has 0 aromatic heterocycles. The third-order valence-electron chi connectivity index (χ3n) is 4.37. The van der Waals surface area contributed by atoms with Gasteiger partial charge in [0, 0.05) is 0 Å². The zero-order valence-electron chi connectivity index (χ0n) is 19.5. The number of hydrogen-bond acceptors (Lipinski definition) is 12. The minimum Gasteiger partial charge on any atom is -0.478 e. The van der Waals surface area contributed by atoms with Crippen LogP contribution in [0.2, 0.25) is 0 Å². The molecule has 0 radical (unpaired) electrons. The van der Waals surface area contributed by atoms with Crippen molar-refractivity contribution in [3.8, 4) is 0 Å². The smallest absolute Gasteiger partial charge is 0.478 e. The Balaban J connectivity index is 0. The first-order chi connectivity index (χ1) is 13.4. The summed E-state index contributed by atoms with van der Waals surface area (Å²) in [7, 11) is -9.89. The van der Waals surface area contributed by atoms with Gasteiger partial charge >= 0.3 is 19.5 Å². The average molecular weight is 559 g/mol. The Morgan fingerprint density at radius 3 is 1.00 bits per heavy atom. The number of halogens is 2. The fraction of sp³-hybridized carbons (Fsp3) is 0.882. The molecule has 0 aromatic carbocycles. The van der Waals surface area contributed by atoms with Gasteiger partial charge in [-0.2, -0.15) is 0 Å². The predicted molar refractivity (Wildman–Crippen MR) is 87.0 cm³/mol. The van der Waals surface area contributed by atoms with E-state index in [1.54, 1.807) is 0 Å². The van der Waals surface area contributed by atoms with Crippen molar-refractivity contribution in [1.29, 1.82) is 0 Å². The van der Waals surface area contributed by atoms with Gasteiger partial charge in [0.05, 0.1) is 12.1 Å². The van der Waals surface area contributed by atoms with Gasteiger partial charge in [-0.3, -0.25) is 0 Å². The third-order valence-corrected chi connectivity index (χ3v) is 4.37. The molecule has 2 atom stereocenters. The van der Waals surface area contributed by atoms with Gasteiger partial charge in [0.15, 0.2) is 11.8 Å². The Morgan fingerprint density at radius 1 is 0.625 bits per heavy atom. The zero-order valence-corrected chi connectivity index (χ0v) is 24.0. The Kier molecular flexibility index (Phi) is 12.7. The van der Waals surface area contributed by atoms with Gasteiger partial charge in [0.2, 0.25) is 0 Å². The first kappa shape index (κ1) is 34.0. The number of nitrogens with zero attached hydrogens (tertiary/aromatic N) is 2. The van der Waals surface area contributed by atoms with E-state index in [9.17, 15) is 0 Å². The van der Waals surface area contributed by atoms with E-state index in [1.807, 2.05) is 0 Å². The van der Waals surface area contributed by atoms with E-state index in [2.05, 4.69) is 55.4 Å². The Bertz CT molecular complexity index is 584. The molecule has 2 rings (SSSR count). The van der Waals surface area contributed by atoms with E-state index in [-0.39, 0.29) is 47.8 Å². The fourth-order valence-electron chi connectivity index (χ4n) is 2.41. The van der Waals surface area contributed by atoms with Crippen LogP contribution in [0.15, 0.2) is 9.98 Å². The van der Waals surface area contributed by atoms with Gasteiger partial charge in [-0.15, -0.1) is 20.5 Å². The fourth-order valence-corrected chi connectivity index (χ4v) is 2.41. The Hall–Kier alpha value is -0.177. The maximum absolute atomic E-state index is 8.49. The van der Waals surface area contributed by atoms with Gasteiger partial charge in [-0.05, 0) is 24.7 Å². The summed E-state index contributed by atoms with van der Waals surface area (Å²) in [5, 5.41) is 0. The van der Waals surface area contributed by atoms with E-state index >= 15 is 0 Å². The van der Waals surface area contributed by atoms with Gasteiger partial charge in [-0.25, -0.2) is 47.3 Å². The first-order valence-corrected chi connectivity index (χ1v) is 11.5. The van der Waals surface area contributed by atoms with Crippen LogP contribution in [-0.4, -0.2) is 37.1 Å². The standard InChI is InChI=1S/C17H30N2O2.2ClHO4.Zn/c1-15(2,3)11-9-20-13(18-11)17(7,8)14-19-12(10-21-14)16(4,5)6;2*2-1(3,4)5;/h11-12H,9-10H2,1-8H3;2*(H,2,3,4,5);/q;;;+2/p-2/t11-,12-;;;/m1.../s1. The molecule has 0 bridgehead atoms. The molecule has 0 saturated heterocycles. The summed E-state index contributed by atoms with van der Waals surface area (Å²) in [5.74, 6) is 1.52. The molecule has 2 heterocycles. The molecule has 0 unspecified atom stereocenters. The number of hydrogen-bond donors (Lipinski definition) is 0. The molecule has 32 heavy (non-hydrogen) atoms. The largest absolute Gasteiger partial charge is 2.00 e. The van der Waals surface area contributed by atoms with Crippen LogP contribution >= 0.6 is 0 Å². The second-order valence-electron chi connectivity index (χ2n) is 9.64. The molecule has 0 N–H and O–H groups in total. The molecule has 0 amide bonds. The third kappa shape index (κ3) is 14.2. The minimum absolute atomic E-state index is 0. The molecule has 0 fully saturated rings. The minimum atomic E-state index is -4.94. The van der Waals surface area contributed by atoms with Crippen LogP contribution < -0.4 is 37.3 Å². The topological polar surface area (TPSA) is 228 Å². The van der Waals surface area contributed by atoms with Crippen molar-refractivity contribution in [2.75, 3.05) is 13.2 Å². The van der Waals surface area contributed by atoms with Crippen LogP contribution in [0.3, 0.4) is 0 Å². The molecule has 0 spiro atoms. The summed E-state index contributed by atoms with van der Waals surface area (Å²) < 4.78 is 79.7. The summed E-state index contributed by atoms with van der Waals surface area (Å²) in [6.45, 7) is 18.6. The Labute approximate surface area is 205 Å². The van der Waals surface area contributed by atoms with Crippen LogP contribution in [0.25, 0.3) is 0 Å². The zero-order chi connectivity index (χ0) is 25.1. The monoisotopic (exact) mass is 556 g/mol. The average Bonchev–Trinajstić information content (AvgIpc) is 3.13. The number of rotatable bonds is 2. The van der Waals surface area contributed by atoms with Crippen LogP contribution in [-0.2, 0) is 29.0 Å². The SMILES string of the molecule is CC(C)(C1=N[C@@H](C(C)(C)C)CO1)C1=N[C@@H](C(C)(C)C)CO1.[O-][Cl+3]([O-])([O-])[O-].[O-][Cl+3]([O-])([O-])[O-].[Zn+2]. The van der Waals surface area contributed by atoms with Crippen molar-refractivity contribution in [1.82, 2.24) is 0 Å². The normalized spacial score (nSPS) is 21.5. The second-order valence-corrected chi connectivity index (χ2v) is 11.1. The van der Waals surface area contributed by atoms with E-state index < -0.39 is 20.5 Å². The van der Waals surface area contributed by atoms with Crippen molar-refractivity contribution < 1.29 is 86.7 Å². The molecule has 2 aliphatic heterocycles. The maximum Gasteiger partial charge on any atom is 2.00 e. The first-order valence-electron chi connectivity index (χ1n) is 9.08. The second kappa shape index (κ2) is 12.0.